The third-order valence-corrected chi connectivity index (χ3v) is 4.62. The number of benzene rings is 3. The van der Waals surface area contributed by atoms with Gasteiger partial charge in [0.05, 0.1) is 17.3 Å². The number of phenolic OH excluding ortho intramolecular Hbond substituents is 1. The molecule has 0 radical (unpaired) electrons. The minimum Gasteiger partial charge on any atom is -0.507 e. The van der Waals surface area contributed by atoms with Gasteiger partial charge in [0.15, 0.2) is 0 Å². The summed E-state index contributed by atoms with van der Waals surface area (Å²) in [7, 11) is 0. The van der Waals surface area contributed by atoms with Gasteiger partial charge in [0, 0.05) is 11.1 Å². The summed E-state index contributed by atoms with van der Waals surface area (Å²) in [4.78, 5) is 0. The van der Waals surface area contributed by atoms with Gasteiger partial charge in [-0.3, -0.25) is 0 Å². The molecule has 3 nitrogen and oxygen atoms in total. The molecule has 10 heteroatoms. The second kappa shape index (κ2) is 8.52. The Balaban J connectivity index is 2.21. The van der Waals surface area contributed by atoms with Crippen molar-refractivity contribution in [2.24, 2.45) is 5.16 Å². The van der Waals surface area contributed by atoms with Crippen molar-refractivity contribution in [2.75, 3.05) is 0 Å². The Morgan fingerprint density at radius 1 is 0.781 bits per heavy atom. The first-order chi connectivity index (χ1) is 14.9. The fourth-order valence-electron chi connectivity index (χ4n) is 3.15. The largest absolute Gasteiger partial charge is 0.507 e. The molecule has 0 amide bonds. The fourth-order valence-corrected chi connectivity index (χ4v) is 3.15. The molecule has 0 unspecified atom stereocenters. The number of aromatic hydroxyl groups is 1. The van der Waals surface area contributed by atoms with Crippen LogP contribution in [0, 0.1) is 5.82 Å². The summed E-state index contributed by atoms with van der Waals surface area (Å²) < 4.78 is 92.6. The lowest BCUT2D eigenvalue weighted by Crippen LogP contribution is -2.11. The minimum atomic E-state index is -5.06. The first kappa shape index (κ1) is 23.1. The zero-order chi connectivity index (χ0) is 23.7. The smallest absolute Gasteiger partial charge is 0.416 e. The van der Waals surface area contributed by atoms with E-state index in [4.69, 9.17) is 5.21 Å². The predicted octanol–water partition coefficient (Wildman–Crippen LogP) is 6.63. The lowest BCUT2D eigenvalue weighted by molar-refractivity contribution is -0.143. The Hall–Kier alpha value is -3.56. The predicted molar refractivity (Wildman–Crippen MR) is 102 cm³/mol. The number of rotatable bonds is 4. The normalized spacial score (nSPS) is 12.5. The van der Waals surface area contributed by atoms with Gasteiger partial charge >= 0.3 is 12.4 Å². The van der Waals surface area contributed by atoms with E-state index < -0.39 is 40.6 Å². The Morgan fingerprint density at radius 3 is 1.84 bits per heavy atom. The monoisotopic (exact) mass is 457 g/mol. The van der Waals surface area contributed by atoms with Crippen molar-refractivity contribution in [1.82, 2.24) is 0 Å². The van der Waals surface area contributed by atoms with E-state index >= 15 is 0 Å². The molecule has 0 bridgehead atoms. The second-order valence-electron chi connectivity index (χ2n) is 6.92. The number of nitrogens with zero attached hydrogens (tertiary/aromatic N) is 1. The minimum absolute atomic E-state index is 0.0149. The van der Waals surface area contributed by atoms with Crippen molar-refractivity contribution in [2.45, 2.75) is 18.8 Å². The van der Waals surface area contributed by atoms with Gasteiger partial charge in [-0.15, -0.1) is 0 Å². The van der Waals surface area contributed by atoms with Crippen molar-refractivity contribution in [3.05, 3.63) is 88.2 Å². The van der Waals surface area contributed by atoms with Gasteiger partial charge in [0.2, 0.25) is 0 Å². The zero-order valence-corrected chi connectivity index (χ0v) is 16.0. The maximum absolute atomic E-state index is 13.2. The van der Waals surface area contributed by atoms with E-state index in [2.05, 4.69) is 5.16 Å². The van der Waals surface area contributed by atoms with Crippen LogP contribution in [-0.2, 0) is 18.8 Å². The van der Waals surface area contributed by atoms with Gasteiger partial charge < -0.3 is 10.3 Å². The summed E-state index contributed by atoms with van der Waals surface area (Å²) in [6, 6.07) is 8.83. The summed E-state index contributed by atoms with van der Waals surface area (Å²) >= 11 is 0. The molecule has 0 saturated heterocycles. The molecule has 2 N–H and O–H groups in total. The third-order valence-electron chi connectivity index (χ3n) is 4.62. The van der Waals surface area contributed by atoms with Crippen LogP contribution in [0.2, 0.25) is 0 Å². The Morgan fingerprint density at radius 2 is 1.34 bits per heavy atom. The SMILES string of the molecule is O/N=C/c1cc(Cc2ccc(F)cc2)cc(-c2cc(C(F)(F)F)cc(C(F)(F)F)c2)c1O. The standard InChI is InChI=1S/C22H14F7NO2/c23-18-3-1-12(2-4-18)5-13-6-15(11-30-32)20(31)19(7-13)14-8-16(21(24,25)26)10-17(9-14)22(27,28)29/h1-4,6-11,31-32H,5H2/b30-11+. The topological polar surface area (TPSA) is 52.8 Å². The highest BCUT2D eigenvalue weighted by molar-refractivity contribution is 5.89. The van der Waals surface area contributed by atoms with Crippen LogP contribution in [0.25, 0.3) is 11.1 Å². The van der Waals surface area contributed by atoms with Gasteiger partial charge in [-0.2, -0.15) is 26.3 Å². The Labute approximate surface area is 177 Å². The highest BCUT2D eigenvalue weighted by Crippen LogP contribution is 2.41. The van der Waals surface area contributed by atoms with Crippen molar-refractivity contribution < 1.29 is 41.0 Å². The van der Waals surface area contributed by atoms with Crippen LogP contribution in [0.15, 0.2) is 59.8 Å². The molecule has 0 aliphatic carbocycles. The Kier molecular flexibility index (Phi) is 6.16. The lowest BCUT2D eigenvalue weighted by Gasteiger charge is -2.16. The second-order valence-corrected chi connectivity index (χ2v) is 6.92. The number of phenols is 1. The molecule has 3 rings (SSSR count). The summed E-state index contributed by atoms with van der Waals surface area (Å²) in [5.41, 5.74) is -3.10. The molecular weight excluding hydrogens is 443 g/mol. The molecule has 0 aliphatic rings. The first-order valence-corrected chi connectivity index (χ1v) is 8.96. The average molecular weight is 457 g/mol. The summed E-state index contributed by atoms with van der Waals surface area (Å²) in [5.74, 6) is -1.16. The quantitative estimate of drug-likeness (QED) is 0.200. The van der Waals surface area contributed by atoms with E-state index in [1.165, 1.54) is 36.4 Å². The fraction of sp³-hybridized carbons (Fsp3) is 0.136. The lowest BCUT2D eigenvalue weighted by atomic mass is 9.93. The van der Waals surface area contributed by atoms with Crippen LogP contribution in [0.3, 0.4) is 0 Å². The van der Waals surface area contributed by atoms with E-state index in [1.807, 2.05) is 0 Å². The highest BCUT2D eigenvalue weighted by atomic mass is 19.4. The van der Waals surface area contributed by atoms with E-state index in [1.54, 1.807) is 0 Å². The number of halogens is 7. The van der Waals surface area contributed by atoms with Crippen LogP contribution in [-0.4, -0.2) is 16.5 Å². The van der Waals surface area contributed by atoms with Gasteiger partial charge in [-0.1, -0.05) is 17.3 Å². The van der Waals surface area contributed by atoms with Crippen LogP contribution < -0.4 is 0 Å². The van der Waals surface area contributed by atoms with E-state index in [0.717, 1.165) is 6.21 Å². The van der Waals surface area contributed by atoms with Crippen LogP contribution in [0.1, 0.15) is 27.8 Å². The molecule has 0 heterocycles. The molecule has 3 aromatic carbocycles. The van der Waals surface area contributed by atoms with E-state index in [-0.39, 0.29) is 23.6 Å². The maximum Gasteiger partial charge on any atom is 0.416 e. The zero-order valence-electron chi connectivity index (χ0n) is 16.0. The van der Waals surface area contributed by atoms with Gasteiger partial charge in [0.25, 0.3) is 0 Å². The summed E-state index contributed by atoms with van der Waals surface area (Å²) in [6.45, 7) is 0. The van der Waals surface area contributed by atoms with Crippen LogP contribution in [0.4, 0.5) is 30.7 Å². The molecular formula is C22H14F7NO2. The first-order valence-electron chi connectivity index (χ1n) is 8.96. The van der Waals surface area contributed by atoms with Crippen molar-refractivity contribution in [1.29, 1.82) is 0 Å². The van der Waals surface area contributed by atoms with Gasteiger partial charge in [0.1, 0.15) is 11.6 Å². The van der Waals surface area contributed by atoms with Crippen molar-refractivity contribution >= 4 is 6.21 Å². The number of oxime groups is 1. The summed E-state index contributed by atoms with van der Waals surface area (Å²) in [6.07, 6.45) is -9.21. The molecule has 0 aliphatic heterocycles. The number of hydrogen-bond donors (Lipinski definition) is 2. The van der Waals surface area contributed by atoms with E-state index in [0.29, 0.717) is 23.3 Å². The van der Waals surface area contributed by atoms with Crippen LogP contribution in [0.5, 0.6) is 5.75 Å². The van der Waals surface area contributed by atoms with Crippen molar-refractivity contribution in [3.8, 4) is 16.9 Å². The average Bonchev–Trinajstić information content (AvgIpc) is 2.70. The molecule has 0 aromatic heterocycles. The van der Waals surface area contributed by atoms with Crippen molar-refractivity contribution in [3.63, 3.8) is 0 Å². The van der Waals surface area contributed by atoms with Gasteiger partial charge in [-0.25, -0.2) is 4.39 Å². The molecule has 0 spiro atoms. The molecule has 0 fully saturated rings. The molecule has 3 aromatic rings. The molecule has 0 atom stereocenters. The highest BCUT2D eigenvalue weighted by Gasteiger charge is 2.37. The molecule has 168 valence electrons. The van der Waals surface area contributed by atoms with E-state index in [9.17, 15) is 35.8 Å². The molecule has 0 saturated carbocycles. The Bertz CT molecular complexity index is 1120. The summed E-state index contributed by atoms with van der Waals surface area (Å²) in [5, 5.41) is 22.1. The maximum atomic E-state index is 13.2. The van der Waals surface area contributed by atoms with Gasteiger partial charge in [-0.05, 0) is 65.6 Å². The van der Waals surface area contributed by atoms with Crippen LogP contribution >= 0.6 is 0 Å². The number of alkyl halides is 6. The third kappa shape index (κ3) is 5.19. The molecule has 32 heavy (non-hydrogen) atoms. The number of hydrogen-bond acceptors (Lipinski definition) is 3.